The van der Waals surface area contributed by atoms with Crippen molar-refractivity contribution in [2.45, 2.75) is 13.0 Å². The van der Waals surface area contributed by atoms with Crippen LogP contribution in [0.1, 0.15) is 6.92 Å². The highest BCUT2D eigenvalue weighted by Crippen LogP contribution is 2.07. The number of azide groups is 1. The first-order chi connectivity index (χ1) is 7.40. The average molecular weight is 229 g/mol. The number of carboxylic acid groups (broad SMARTS) is 1. The number of hydrogen-bond donors (Lipinski definition) is 2. The van der Waals surface area contributed by atoms with Crippen LogP contribution in [0.5, 0.6) is 0 Å². The fourth-order valence-electron chi connectivity index (χ4n) is 1.19. The van der Waals surface area contributed by atoms with Gasteiger partial charge in [-0.15, -0.1) is 0 Å². The molecule has 0 aliphatic heterocycles. The largest absolute Gasteiger partial charge is 0.465 e. The average Bonchev–Trinajstić information content (AvgIpc) is 2.21. The van der Waals surface area contributed by atoms with Crippen molar-refractivity contribution in [1.82, 2.24) is 10.2 Å². The van der Waals surface area contributed by atoms with Gasteiger partial charge in [-0.3, -0.25) is 4.79 Å². The van der Waals surface area contributed by atoms with Gasteiger partial charge in [0.2, 0.25) is 5.91 Å². The van der Waals surface area contributed by atoms with E-state index in [4.69, 9.17) is 10.6 Å². The van der Waals surface area contributed by atoms with Crippen molar-refractivity contribution in [3.63, 3.8) is 0 Å². The van der Waals surface area contributed by atoms with E-state index in [0.717, 1.165) is 0 Å². The summed E-state index contributed by atoms with van der Waals surface area (Å²) in [6, 6.07) is -0.719. The number of nitrogens with one attached hydrogen (secondary N) is 1. The van der Waals surface area contributed by atoms with E-state index in [-0.39, 0.29) is 12.5 Å². The van der Waals surface area contributed by atoms with Crippen molar-refractivity contribution in [2.75, 3.05) is 20.6 Å². The highest BCUT2D eigenvalue weighted by molar-refractivity contribution is 5.79. The van der Waals surface area contributed by atoms with Crippen LogP contribution < -0.4 is 5.32 Å². The Morgan fingerprint density at radius 1 is 1.56 bits per heavy atom. The Bertz CT molecular complexity index is 307. The van der Waals surface area contributed by atoms with E-state index < -0.39 is 18.1 Å². The molecule has 0 radical (unpaired) electrons. The Morgan fingerprint density at radius 3 is 2.50 bits per heavy atom. The quantitative estimate of drug-likeness (QED) is 0.409. The fraction of sp³-hybridized carbons (Fsp3) is 0.750. The van der Waals surface area contributed by atoms with Crippen LogP contribution in [0.15, 0.2) is 5.11 Å². The van der Waals surface area contributed by atoms with Gasteiger partial charge < -0.3 is 15.3 Å². The molecule has 0 aromatic rings. The van der Waals surface area contributed by atoms with Crippen molar-refractivity contribution in [3.8, 4) is 0 Å². The van der Waals surface area contributed by atoms with Crippen LogP contribution in [-0.2, 0) is 4.79 Å². The second kappa shape index (κ2) is 6.52. The number of nitrogens with zero attached hydrogens (tertiary/aromatic N) is 4. The molecule has 0 spiro atoms. The van der Waals surface area contributed by atoms with Crippen molar-refractivity contribution in [1.29, 1.82) is 0 Å². The maximum atomic E-state index is 11.6. The summed E-state index contributed by atoms with van der Waals surface area (Å²) in [5, 5.41) is 14.0. The molecule has 0 aromatic carbocycles. The third-order valence-electron chi connectivity index (χ3n) is 2.08. The van der Waals surface area contributed by atoms with Crippen molar-refractivity contribution in [2.24, 2.45) is 11.0 Å². The van der Waals surface area contributed by atoms with E-state index in [1.54, 1.807) is 21.0 Å². The smallest absolute Gasteiger partial charge is 0.404 e. The number of hydrogen-bond acceptors (Lipinski definition) is 3. The minimum absolute atomic E-state index is 0.0937. The number of carbonyl (C=O) groups excluding carboxylic acids is 1. The maximum absolute atomic E-state index is 11.6. The monoisotopic (exact) mass is 229 g/mol. The number of rotatable bonds is 5. The highest BCUT2D eigenvalue weighted by Gasteiger charge is 2.25. The van der Waals surface area contributed by atoms with Gasteiger partial charge in [0.15, 0.2) is 0 Å². The lowest BCUT2D eigenvalue weighted by atomic mass is 10.0. The van der Waals surface area contributed by atoms with Gasteiger partial charge in [-0.2, -0.15) is 0 Å². The van der Waals surface area contributed by atoms with Gasteiger partial charge >= 0.3 is 6.09 Å². The van der Waals surface area contributed by atoms with Crippen LogP contribution in [0.4, 0.5) is 4.79 Å². The summed E-state index contributed by atoms with van der Waals surface area (Å²) in [7, 11) is 3.15. The second-order valence-electron chi connectivity index (χ2n) is 3.49. The predicted molar refractivity (Wildman–Crippen MR) is 56.8 cm³/mol. The molecule has 0 bridgehead atoms. The van der Waals surface area contributed by atoms with Gasteiger partial charge in [0, 0.05) is 31.6 Å². The highest BCUT2D eigenvalue weighted by atomic mass is 16.4. The molecule has 0 aliphatic rings. The molecular formula is C8H15N5O3. The lowest BCUT2D eigenvalue weighted by Crippen LogP contribution is -2.46. The molecule has 2 amide bonds. The predicted octanol–water partition coefficient (Wildman–Crippen LogP) is 0.657. The van der Waals surface area contributed by atoms with Gasteiger partial charge in [-0.25, -0.2) is 4.79 Å². The molecule has 0 aromatic heterocycles. The molecule has 0 heterocycles. The molecule has 0 fully saturated rings. The van der Waals surface area contributed by atoms with Crippen LogP contribution in [0.3, 0.4) is 0 Å². The molecule has 8 heteroatoms. The lowest BCUT2D eigenvalue weighted by Gasteiger charge is -2.24. The SMILES string of the molecule is CC(C(=O)N(C)C)[C@H](CN=[N+]=[N-])NC(=O)O. The first-order valence-corrected chi connectivity index (χ1v) is 4.61. The van der Waals surface area contributed by atoms with Gasteiger partial charge in [0.05, 0.1) is 5.92 Å². The Morgan fingerprint density at radius 2 is 2.12 bits per heavy atom. The van der Waals surface area contributed by atoms with Crippen LogP contribution >= 0.6 is 0 Å². The fourth-order valence-corrected chi connectivity index (χ4v) is 1.19. The van der Waals surface area contributed by atoms with E-state index in [9.17, 15) is 9.59 Å². The maximum Gasteiger partial charge on any atom is 0.404 e. The van der Waals surface area contributed by atoms with Crippen LogP contribution in [0, 0.1) is 5.92 Å². The molecular weight excluding hydrogens is 214 g/mol. The van der Waals surface area contributed by atoms with Crippen molar-refractivity contribution < 1.29 is 14.7 Å². The summed E-state index contributed by atoms with van der Waals surface area (Å²) in [5.41, 5.74) is 8.17. The standard InChI is InChI=1S/C8H15N5O3/c1-5(7(14)13(2)3)6(4-10-12-9)11-8(15)16/h5-6,11H,4H2,1-3H3,(H,15,16)/t5?,6-/m0/s1. The second-order valence-corrected chi connectivity index (χ2v) is 3.49. The summed E-state index contributed by atoms with van der Waals surface area (Å²) in [6.45, 7) is 1.49. The van der Waals surface area contributed by atoms with Gasteiger partial charge in [-0.1, -0.05) is 12.0 Å². The third-order valence-corrected chi connectivity index (χ3v) is 2.08. The lowest BCUT2D eigenvalue weighted by molar-refractivity contribution is -0.133. The Balaban J connectivity index is 4.66. The van der Waals surface area contributed by atoms with E-state index in [1.807, 2.05) is 0 Å². The van der Waals surface area contributed by atoms with Gasteiger partial charge in [0.1, 0.15) is 0 Å². The van der Waals surface area contributed by atoms with E-state index in [1.165, 1.54) is 4.90 Å². The molecule has 1 unspecified atom stereocenters. The topological polar surface area (TPSA) is 118 Å². The molecule has 0 aliphatic carbocycles. The summed E-state index contributed by atoms with van der Waals surface area (Å²) in [5.74, 6) is -0.816. The minimum Gasteiger partial charge on any atom is -0.465 e. The zero-order valence-electron chi connectivity index (χ0n) is 9.41. The minimum atomic E-state index is -1.25. The summed E-state index contributed by atoms with van der Waals surface area (Å²) < 4.78 is 0. The zero-order chi connectivity index (χ0) is 12.7. The Kier molecular flexibility index (Phi) is 5.72. The van der Waals surface area contributed by atoms with Crippen molar-refractivity contribution >= 4 is 12.0 Å². The first kappa shape index (κ1) is 14.1. The molecule has 2 atom stereocenters. The van der Waals surface area contributed by atoms with Crippen LogP contribution in [-0.4, -0.2) is 48.7 Å². The Labute approximate surface area is 92.9 Å². The van der Waals surface area contributed by atoms with E-state index >= 15 is 0 Å². The molecule has 2 N–H and O–H groups in total. The summed E-state index contributed by atoms with van der Waals surface area (Å²) in [6.07, 6.45) is -1.25. The molecule has 0 saturated carbocycles. The summed E-state index contributed by atoms with van der Waals surface area (Å²) >= 11 is 0. The van der Waals surface area contributed by atoms with Gasteiger partial charge in [0.25, 0.3) is 0 Å². The van der Waals surface area contributed by atoms with E-state index in [0.29, 0.717) is 0 Å². The number of amides is 2. The third kappa shape index (κ3) is 4.52. The normalized spacial score (nSPS) is 13.2. The zero-order valence-corrected chi connectivity index (χ0v) is 9.41. The van der Waals surface area contributed by atoms with E-state index in [2.05, 4.69) is 15.3 Å². The molecule has 16 heavy (non-hydrogen) atoms. The first-order valence-electron chi connectivity index (χ1n) is 4.61. The van der Waals surface area contributed by atoms with Gasteiger partial charge in [-0.05, 0) is 5.53 Å². The van der Waals surface area contributed by atoms with Crippen LogP contribution in [0.25, 0.3) is 10.4 Å². The summed E-state index contributed by atoms with van der Waals surface area (Å²) in [4.78, 5) is 26.0. The molecule has 0 rings (SSSR count). The van der Waals surface area contributed by atoms with Crippen molar-refractivity contribution in [3.05, 3.63) is 10.4 Å². The Hall–Kier alpha value is -1.95. The molecule has 8 nitrogen and oxygen atoms in total. The molecule has 90 valence electrons. The number of carbonyl (C=O) groups is 2. The van der Waals surface area contributed by atoms with Crippen LogP contribution in [0.2, 0.25) is 0 Å². The molecule has 0 saturated heterocycles.